The van der Waals surface area contributed by atoms with Crippen LogP contribution in [-0.2, 0) is 0 Å². The van der Waals surface area contributed by atoms with Crippen LogP contribution in [0.3, 0.4) is 0 Å². The second kappa shape index (κ2) is 6.41. The van der Waals surface area contributed by atoms with Gasteiger partial charge in [-0.2, -0.15) is 0 Å². The van der Waals surface area contributed by atoms with Crippen molar-refractivity contribution in [2.45, 2.75) is 59.8 Å². The molecule has 106 valence electrons. The fraction of sp³-hybridized carbons (Fsp3) is 1.00. The Balaban J connectivity index is 1.66. The molecular formula is C17H33N. The lowest BCUT2D eigenvalue weighted by molar-refractivity contribution is 0.233. The number of hydrogen-bond donors (Lipinski definition) is 1. The Morgan fingerprint density at radius 3 is 2.28 bits per heavy atom. The summed E-state index contributed by atoms with van der Waals surface area (Å²) in [6.45, 7) is 11.9. The highest BCUT2D eigenvalue weighted by atomic mass is 14.9. The Morgan fingerprint density at radius 2 is 1.72 bits per heavy atom. The molecule has 2 fully saturated rings. The van der Waals surface area contributed by atoms with E-state index in [1.54, 1.807) is 25.7 Å². The average Bonchev–Trinajstić information content (AvgIpc) is 2.90. The first-order valence-electron chi connectivity index (χ1n) is 8.27. The van der Waals surface area contributed by atoms with E-state index in [-0.39, 0.29) is 0 Å². The van der Waals surface area contributed by atoms with E-state index in [2.05, 4.69) is 33.0 Å². The van der Waals surface area contributed by atoms with E-state index in [9.17, 15) is 0 Å². The van der Waals surface area contributed by atoms with E-state index < -0.39 is 0 Å². The lowest BCUT2D eigenvalue weighted by Gasteiger charge is -2.28. The third kappa shape index (κ3) is 3.73. The molecule has 0 aliphatic heterocycles. The van der Waals surface area contributed by atoms with Crippen molar-refractivity contribution in [1.82, 2.24) is 5.32 Å². The highest BCUT2D eigenvalue weighted by Crippen LogP contribution is 2.50. The van der Waals surface area contributed by atoms with E-state index in [4.69, 9.17) is 0 Å². The van der Waals surface area contributed by atoms with Crippen LogP contribution in [0.25, 0.3) is 0 Å². The molecular weight excluding hydrogens is 218 g/mol. The highest BCUT2D eigenvalue weighted by Gasteiger charge is 2.39. The predicted molar refractivity (Wildman–Crippen MR) is 79.6 cm³/mol. The molecule has 5 unspecified atom stereocenters. The van der Waals surface area contributed by atoms with Gasteiger partial charge < -0.3 is 5.32 Å². The fourth-order valence-corrected chi connectivity index (χ4v) is 4.18. The first-order valence-corrected chi connectivity index (χ1v) is 8.27. The summed E-state index contributed by atoms with van der Waals surface area (Å²) < 4.78 is 0. The van der Waals surface area contributed by atoms with Crippen LogP contribution in [0.4, 0.5) is 0 Å². The average molecular weight is 251 g/mol. The van der Waals surface area contributed by atoms with Gasteiger partial charge in [0, 0.05) is 0 Å². The van der Waals surface area contributed by atoms with Crippen molar-refractivity contribution in [3.05, 3.63) is 0 Å². The quantitative estimate of drug-likeness (QED) is 0.710. The Labute approximate surface area is 114 Å². The highest BCUT2D eigenvalue weighted by molar-refractivity contribution is 4.90. The van der Waals surface area contributed by atoms with Gasteiger partial charge in [0.25, 0.3) is 0 Å². The molecule has 0 aromatic heterocycles. The Bertz CT molecular complexity index is 248. The first kappa shape index (κ1) is 14.4. The molecule has 2 aliphatic carbocycles. The summed E-state index contributed by atoms with van der Waals surface area (Å²) in [5.74, 6) is 5.80. The van der Waals surface area contributed by atoms with Gasteiger partial charge in [-0.25, -0.2) is 0 Å². The van der Waals surface area contributed by atoms with Gasteiger partial charge in [-0.15, -0.1) is 0 Å². The third-order valence-corrected chi connectivity index (χ3v) is 5.55. The second-order valence-corrected chi connectivity index (χ2v) is 7.68. The van der Waals surface area contributed by atoms with E-state index in [0.717, 1.165) is 35.5 Å². The van der Waals surface area contributed by atoms with Crippen LogP contribution in [0.5, 0.6) is 0 Å². The van der Waals surface area contributed by atoms with Gasteiger partial charge in [0.2, 0.25) is 0 Å². The molecule has 2 saturated carbocycles. The molecule has 5 atom stereocenters. The molecule has 0 aromatic carbocycles. The van der Waals surface area contributed by atoms with Crippen LogP contribution < -0.4 is 5.32 Å². The minimum absolute atomic E-state index is 0.776. The molecule has 0 radical (unpaired) electrons. The summed E-state index contributed by atoms with van der Waals surface area (Å²) in [4.78, 5) is 0. The summed E-state index contributed by atoms with van der Waals surface area (Å²) in [5.41, 5.74) is 0. The molecule has 2 rings (SSSR count). The van der Waals surface area contributed by atoms with E-state index >= 15 is 0 Å². The standard InChI is InChI=1S/C17H33N/c1-12(2)10-18-11-14(4)13(3)7-17-9-15-5-6-16(17)8-15/h12-18H,5-11H2,1-4H3. The van der Waals surface area contributed by atoms with Gasteiger partial charge in [0.1, 0.15) is 0 Å². The van der Waals surface area contributed by atoms with Crippen molar-refractivity contribution in [2.24, 2.45) is 35.5 Å². The molecule has 0 saturated heterocycles. The minimum atomic E-state index is 0.776. The van der Waals surface area contributed by atoms with Crippen molar-refractivity contribution in [2.75, 3.05) is 13.1 Å². The van der Waals surface area contributed by atoms with Gasteiger partial charge in [-0.1, -0.05) is 34.1 Å². The van der Waals surface area contributed by atoms with Crippen LogP contribution >= 0.6 is 0 Å². The van der Waals surface area contributed by atoms with Crippen molar-refractivity contribution < 1.29 is 0 Å². The number of fused-ring (bicyclic) bond motifs is 2. The maximum Gasteiger partial charge on any atom is -0.00205 e. The first-order chi connectivity index (χ1) is 8.56. The smallest absolute Gasteiger partial charge is 0.00205 e. The molecule has 1 N–H and O–H groups in total. The minimum Gasteiger partial charge on any atom is -0.316 e. The maximum absolute atomic E-state index is 3.62. The summed E-state index contributed by atoms with van der Waals surface area (Å²) in [5, 5.41) is 3.62. The topological polar surface area (TPSA) is 12.0 Å². The maximum atomic E-state index is 3.62. The Kier molecular flexibility index (Phi) is 5.12. The van der Waals surface area contributed by atoms with Crippen molar-refractivity contribution in [1.29, 1.82) is 0 Å². The van der Waals surface area contributed by atoms with E-state index in [1.807, 2.05) is 0 Å². The molecule has 0 amide bonds. The normalized spacial score (nSPS) is 34.2. The number of rotatable bonds is 7. The lowest BCUT2D eigenvalue weighted by atomic mass is 9.79. The van der Waals surface area contributed by atoms with E-state index in [0.29, 0.717) is 0 Å². The van der Waals surface area contributed by atoms with Crippen LogP contribution in [-0.4, -0.2) is 13.1 Å². The summed E-state index contributed by atoms with van der Waals surface area (Å²) in [6, 6.07) is 0. The molecule has 0 heterocycles. The zero-order valence-corrected chi connectivity index (χ0v) is 12.9. The lowest BCUT2D eigenvalue weighted by Crippen LogP contribution is -2.29. The SMILES string of the molecule is CC(C)CNCC(C)C(C)CC1CC2CCC1C2. The zero-order chi connectivity index (χ0) is 13.1. The van der Waals surface area contributed by atoms with Gasteiger partial charge in [-0.3, -0.25) is 0 Å². The number of nitrogens with one attached hydrogen (secondary N) is 1. The predicted octanol–water partition coefficient (Wildman–Crippen LogP) is 4.33. The monoisotopic (exact) mass is 251 g/mol. The summed E-state index contributed by atoms with van der Waals surface area (Å²) >= 11 is 0. The van der Waals surface area contributed by atoms with Crippen molar-refractivity contribution in [3.8, 4) is 0 Å². The van der Waals surface area contributed by atoms with Gasteiger partial charge in [0.05, 0.1) is 0 Å². The summed E-state index contributed by atoms with van der Waals surface area (Å²) in [6.07, 6.45) is 7.70. The molecule has 0 aromatic rings. The fourth-order valence-electron chi connectivity index (χ4n) is 4.18. The van der Waals surface area contributed by atoms with Crippen LogP contribution in [0.15, 0.2) is 0 Å². The Morgan fingerprint density at radius 1 is 0.944 bits per heavy atom. The zero-order valence-electron chi connectivity index (χ0n) is 12.9. The van der Waals surface area contributed by atoms with Gasteiger partial charge in [-0.05, 0) is 74.3 Å². The molecule has 2 aliphatic rings. The molecule has 0 spiro atoms. The number of hydrogen-bond acceptors (Lipinski definition) is 1. The van der Waals surface area contributed by atoms with Crippen molar-refractivity contribution in [3.63, 3.8) is 0 Å². The van der Waals surface area contributed by atoms with Crippen LogP contribution in [0.1, 0.15) is 59.8 Å². The summed E-state index contributed by atoms with van der Waals surface area (Å²) in [7, 11) is 0. The second-order valence-electron chi connectivity index (χ2n) is 7.68. The molecule has 1 heteroatoms. The largest absolute Gasteiger partial charge is 0.316 e. The van der Waals surface area contributed by atoms with Crippen molar-refractivity contribution >= 4 is 0 Å². The van der Waals surface area contributed by atoms with Crippen LogP contribution in [0.2, 0.25) is 0 Å². The molecule has 2 bridgehead atoms. The van der Waals surface area contributed by atoms with Gasteiger partial charge >= 0.3 is 0 Å². The van der Waals surface area contributed by atoms with Crippen LogP contribution in [0, 0.1) is 35.5 Å². The van der Waals surface area contributed by atoms with E-state index in [1.165, 1.54) is 19.5 Å². The Hall–Kier alpha value is -0.0400. The molecule has 1 nitrogen and oxygen atoms in total. The third-order valence-electron chi connectivity index (χ3n) is 5.55. The van der Waals surface area contributed by atoms with Gasteiger partial charge in [0.15, 0.2) is 0 Å². The molecule has 18 heavy (non-hydrogen) atoms.